The number of halogens is 1. The van der Waals surface area contributed by atoms with Crippen LogP contribution in [0.4, 0.5) is 4.39 Å². The molecule has 5 nitrogen and oxygen atoms in total. The van der Waals surface area contributed by atoms with Crippen molar-refractivity contribution in [1.29, 1.82) is 0 Å². The van der Waals surface area contributed by atoms with Gasteiger partial charge in [0.25, 0.3) is 0 Å². The molecular weight excluding hydrogens is 333 g/mol. The maximum atomic E-state index is 13.1. The Morgan fingerprint density at radius 3 is 2.62 bits per heavy atom. The summed E-state index contributed by atoms with van der Waals surface area (Å²) in [5, 5.41) is 2.82. The van der Waals surface area contributed by atoms with Crippen molar-refractivity contribution >= 4 is 11.8 Å². The van der Waals surface area contributed by atoms with E-state index in [1.165, 1.54) is 12.1 Å². The second-order valence-electron chi connectivity index (χ2n) is 7.21. The van der Waals surface area contributed by atoms with Crippen LogP contribution in [0, 0.1) is 11.7 Å². The zero-order valence-corrected chi connectivity index (χ0v) is 16.0. The lowest BCUT2D eigenvalue weighted by Crippen LogP contribution is -2.46. The van der Waals surface area contributed by atoms with Crippen LogP contribution in [0.2, 0.25) is 0 Å². The molecule has 6 heteroatoms. The van der Waals surface area contributed by atoms with Crippen LogP contribution < -0.4 is 5.32 Å². The molecule has 26 heavy (non-hydrogen) atoms. The molecule has 2 amide bonds. The molecule has 0 spiro atoms. The van der Waals surface area contributed by atoms with E-state index in [-0.39, 0.29) is 23.7 Å². The minimum Gasteiger partial charge on any atom is -0.356 e. The van der Waals surface area contributed by atoms with Gasteiger partial charge in [-0.3, -0.25) is 9.59 Å². The number of rotatable bonds is 7. The first-order valence-electron chi connectivity index (χ1n) is 9.43. The molecule has 1 aromatic rings. The van der Waals surface area contributed by atoms with Gasteiger partial charge in [-0.2, -0.15) is 0 Å². The summed E-state index contributed by atoms with van der Waals surface area (Å²) in [6.45, 7) is 9.35. The molecule has 1 atom stereocenters. The van der Waals surface area contributed by atoms with E-state index >= 15 is 0 Å². The van der Waals surface area contributed by atoms with E-state index in [2.05, 4.69) is 24.1 Å². The van der Waals surface area contributed by atoms with Crippen molar-refractivity contribution in [3.05, 3.63) is 35.6 Å². The Morgan fingerprint density at radius 1 is 1.31 bits per heavy atom. The molecule has 1 aliphatic rings. The molecule has 1 fully saturated rings. The average molecular weight is 363 g/mol. The van der Waals surface area contributed by atoms with Gasteiger partial charge < -0.3 is 15.1 Å². The van der Waals surface area contributed by atoms with Crippen LogP contribution in [0.25, 0.3) is 0 Å². The minimum atomic E-state index is -0.270. The lowest BCUT2D eigenvalue weighted by Gasteiger charge is -2.35. The molecule has 1 heterocycles. The first-order chi connectivity index (χ1) is 12.4. The Labute approximate surface area is 155 Å². The van der Waals surface area contributed by atoms with Gasteiger partial charge in [-0.25, -0.2) is 4.39 Å². The van der Waals surface area contributed by atoms with Gasteiger partial charge in [0.2, 0.25) is 11.8 Å². The normalized spacial score (nSPS) is 18.9. The molecule has 0 radical (unpaired) electrons. The lowest BCUT2D eigenvalue weighted by atomic mass is 10.0. The highest BCUT2D eigenvalue weighted by Gasteiger charge is 2.31. The summed E-state index contributed by atoms with van der Waals surface area (Å²) in [5.41, 5.74) is 0.932. The Balaban J connectivity index is 2.06. The topological polar surface area (TPSA) is 52.7 Å². The number of amides is 2. The standard InChI is InChI=1S/C20H30FN3O2/c1-4-22-19(25)9-11-23-12-10-20(26)24(18(14-23)15(2)3)13-16-5-7-17(21)8-6-16/h5-8,15,18H,4,9-14H2,1-3H3,(H,22,25)/t18-/m1/s1. The van der Waals surface area contributed by atoms with Crippen LogP contribution in [-0.2, 0) is 16.1 Å². The Morgan fingerprint density at radius 2 is 2.00 bits per heavy atom. The highest BCUT2D eigenvalue weighted by molar-refractivity contribution is 5.77. The van der Waals surface area contributed by atoms with E-state index in [9.17, 15) is 14.0 Å². The first-order valence-corrected chi connectivity index (χ1v) is 9.43. The second-order valence-corrected chi connectivity index (χ2v) is 7.21. The number of carbonyl (C=O) groups excluding carboxylic acids is 2. The van der Waals surface area contributed by atoms with E-state index < -0.39 is 0 Å². The van der Waals surface area contributed by atoms with Crippen molar-refractivity contribution in [3.8, 4) is 0 Å². The van der Waals surface area contributed by atoms with Crippen LogP contribution in [0.5, 0.6) is 0 Å². The van der Waals surface area contributed by atoms with Gasteiger partial charge in [-0.05, 0) is 30.5 Å². The van der Waals surface area contributed by atoms with E-state index in [0.717, 1.165) is 12.1 Å². The molecule has 0 aliphatic carbocycles. The summed E-state index contributed by atoms with van der Waals surface area (Å²) in [6, 6.07) is 6.40. The molecule has 0 aromatic heterocycles. The van der Waals surface area contributed by atoms with Crippen LogP contribution in [0.3, 0.4) is 0 Å². The quantitative estimate of drug-likeness (QED) is 0.809. The average Bonchev–Trinajstić information content (AvgIpc) is 2.75. The van der Waals surface area contributed by atoms with E-state index in [0.29, 0.717) is 44.9 Å². The zero-order chi connectivity index (χ0) is 19.1. The fourth-order valence-corrected chi connectivity index (χ4v) is 3.35. The number of hydrogen-bond donors (Lipinski definition) is 1. The van der Waals surface area contributed by atoms with Crippen molar-refractivity contribution in [2.75, 3.05) is 26.2 Å². The molecule has 1 saturated heterocycles. The summed E-state index contributed by atoms with van der Waals surface area (Å²) < 4.78 is 13.1. The maximum absolute atomic E-state index is 13.1. The zero-order valence-electron chi connectivity index (χ0n) is 16.0. The van der Waals surface area contributed by atoms with Crippen LogP contribution in [0.15, 0.2) is 24.3 Å². The van der Waals surface area contributed by atoms with Gasteiger partial charge in [-0.1, -0.05) is 26.0 Å². The van der Waals surface area contributed by atoms with E-state index in [1.807, 2.05) is 11.8 Å². The van der Waals surface area contributed by atoms with Crippen molar-refractivity contribution in [3.63, 3.8) is 0 Å². The Hall–Kier alpha value is -1.95. The summed E-state index contributed by atoms with van der Waals surface area (Å²) in [6.07, 6.45) is 0.893. The monoisotopic (exact) mass is 363 g/mol. The predicted octanol–water partition coefficient (Wildman–Crippen LogP) is 2.41. The summed E-state index contributed by atoms with van der Waals surface area (Å²) in [7, 11) is 0. The molecule has 0 saturated carbocycles. The summed E-state index contributed by atoms with van der Waals surface area (Å²) >= 11 is 0. The summed E-state index contributed by atoms with van der Waals surface area (Å²) in [4.78, 5) is 28.6. The SMILES string of the molecule is CCNC(=O)CCN1CCC(=O)N(Cc2ccc(F)cc2)[C@@H](C(C)C)C1. The maximum Gasteiger partial charge on any atom is 0.224 e. The number of carbonyl (C=O) groups is 2. The number of nitrogens with one attached hydrogen (secondary N) is 1. The lowest BCUT2D eigenvalue weighted by molar-refractivity contribution is -0.134. The highest BCUT2D eigenvalue weighted by Crippen LogP contribution is 2.21. The third-order valence-corrected chi connectivity index (χ3v) is 4.87. The molecule has 1 N–H and O–H groups in total. The molecule has 1 aliphatic heterocycles. The fourth-order valence-electron chi connectivity index (χ4n) is 3.35. The van der Waals surface area contributed by atoms with Crippen molar-refractivity contribution in [2.24, 2.45) is 5.92 Å². The van der Waals surface area contributed by atoms with Crippen molar-refractivity contribution in [2.45, 2.75) is 46.2 Å². The van der Waals surface area contributed by atoms with Gasteiger partial charge in [-0.15, -0.1) is 0 Å². The molecule has 0 unspecified atom stereocenters. The van der Waals surface area contributed by atoms with Crippen molar-refractivity contribution in [1.82, 2.24) is 15.1 Å². The van der Waals surface area contributed by atoms with Gasteiger partial charge in [0.05, 0.1) is 0 Å². The largest absolute Gasteiger partial charge is 0.356 e. The molecular formula is C20H30FN3O2. The summed E-state index contributed by atoms with van der Waals surface area (Å²) in [5.74, 6) is 0.193. The third kappa shape index (κ3) is 5.80. The highest BCUT2D eigenvalue weighted by atomic mass is 19.1. The van der Waals surface area contributed by atoms with E-state index in [4.69, 9.17) is 0 Å². The first kappa shape index (κ1) is 20.4. The van der Waals surface area contributed by atoms with Gasteiger partial charge in [0, 0.05) is 51.6 Å². The molecule has 2 rings (SSSR count). The van der Waals surface area contributed by atoms with E-state index in [1.54, 1.807) is 12.1 Å². The van der Waals surface area contributed by atoms with Crippen molar-refractivity contribution < 1.29 is 14.0 Å². The van der Waals surface area contributed by atoms with Crippen LogP contribution >= 0.6 is 0 Å². The molecule has 1 aromatic carbocycles. The number of benzene rings is 1. The van der Waals surface area contributed by atoms with Crippen LogP contribution in [-0.4, -0.2) is 53.8 Å². The third-order valence-electron chi connectivity index (χ3n) is 4.87. The van der Waals surface area contributed by atoms with Gasteiger partial charge in [0.15, 0.2) is 0 Å². The fraction of sp³-hybridized carbons (Fsp3) is 0.600. The minimum absolute atomic E-state index is 0.0485. The smallest absolute Gasteiger partial charge is 0.224 e. The van der Waals surface area contributed by atoms with Gasteiger partial charge >= 0.3 is 0 Å². The van der Waals surface area contributed by atoms with Crippen LogP contribution in [0.1, 0.15) is 39.2 Å². The number of hydrogen-bond acceptors (Lipinski definition) is 3. The Bertz CT molecular complexity index is 604. The molecule has 144 valence electrons. The van der Waals surface area contributed by atoms with Gasteiger partial charge in [0.1, 0.15) is 5.82 Å². The number of nitrogens with zero attached hydrogens (tertiary/aromatic N) is 2. The Kier molecular flexibility index (Phi) is 7.57. The predicted molar refractivity (Wildman–Crippen MR) is 99.9 cm³/mol. The second kappa shape index (κ2) is 9.67. The molecule has 0 bridgehead atoms.